The van der Waals surface area contributed by atoms with Gasteiger partial charge in [0.25, 0.3) is 0 Å². The minimum absolute atomic E-state index is 0.0733. The van der Waals surface area contributed by atoms with Gasteiger partial charge in [0.2, 0.25) is 5.91 Å². The van der Waals surface area contributed by atoms with Gasteiger partial charge in [-0.3, -0.25) is 4.79 Å². The average molecular weight is 280 g/mol. The summed E-state index contributed by atoms with van der Waals surface area (Å²) in [5.74, 6) is 0.141. The molecule has 0 saturated heterocycles. The Morgan fingerprint density at radius 3 is 2.52 bits per heavy atom. The maximum absolute atomic E-state index is 12.7. The molecule has 108 valence electrons. The lowest BCUT2D eigenvalue weighted by Crippen LogP contribution is -2.41. The second-order valence-corrected chi connectivity index (χ2v) is 5.59. The number of benzene rings is 2. The number of carbonyl (C=O) groups excluding carboxylic acids is 1. The van der Waals surface area contributed by atoms with Crippen LogP contribution in [0.2, 0.25) is 0 Å². The first-order valence-electron chi connectivity index (χ1n) is 7.33. The van der Waals surface area contributed by atoms with Crippen LogP contribution in [0.1, 0.15) is 24.1 Å². The van der Waals surface area contributed by atoms with Gasteiger partial charge >= 0.3 is 0 Å². The molecule has 2 aromatic carbocycles. The van der Waals surface area contributed by atoms with E-state index in [1.165, 1.54) is 5.56 Å². The molecular weight excluding hydrogens is 260 g/mol. The molecule has 0 saturated carbocycles. The number of carbonyl (C=O) groups is 1. The Bertz CT molecular complexity index is 614. The van der Waals surface area contributed by atoms with Gasteiger partial charge in [-0.2, -0.15) is 0 Å². The Hall–Kier alpha value is -2.29. The van der Waals surface area contributed by atoms with Crippen LogP contribution in [0.5, 0.6) is 0 Å². The van der Waals surface area contributed by atoms with E-state index in [-0.39, 0.29) is 18.0 Å². The summed E-state index contributed by atoms with van der Waals surface area (Å²) in [5.41, 5.74) is 3.46. The zero-order valence-corrected chi connectivity index (χ0v) is 12.4. The molecule has 1 heterocycles. The lowest BCUT2D eigenvalue weighted by molar-refractivity contribution is -0.132. The van der Waals surface area contributed by atoms with Crippen molar-refractivity contribution >= 4 is 11.6 Å². The highest BCUT2D eigenvalue weighted by atomic mass is 16.2. The quantitative estimate of drug-likeness (QED) is 0.936. The van der Waals surface area contributed by atoms with Crippen LogP contribution in [-0.2, 0) is 11.2 Å². The molecule has 0 aliphatic carbocycles. The minimum Gasteiger partial charge on any atom is -0.373 e. The summed E-state index contributed by atoms with van der Waals surface area (Å²) >= 11 is 0. The summed E-state index contributed by atoms with van der Waals surface area (Å²) in [6.45, 7) is 2.06. The smallest absolute Gasteiger partial charge is 0.245 e. The molecule has 1 aliphatic heterocycles. The fraction of sp³-hybridized carbons (Fsp3) is 0.278. The highest BCUT2D eigenvalue weighted by Crippen LogP contribution is 2.27. The van der Waals surface area contributed by atoms with Gasteiger partial charge in [-0.1, -0.05) is 48.5 Å². The highest BCUT2D eigenvalue weighted by molar-refractivity contribution is 5.87. The third-order valence-electron chi connectivity index (χ3n) is 4.28. The van der Waals surface area contributed by atoms with Gasteiger partial charge in [-0.25, -0.2) is 0 Å². The number of anilines is 1. The molecule has 0 fully saturated rings. The van der Waals surface area contributed by atoms with Gasteiger partial charge in [0, 0.05) is 19.2 Å². The molecule has 0 radical (unpaired) electrons. The molecule has 21 heavy (non-hydrogen) atoms. The third kappa shape index (κ3) is 2.64. The van der Waals surface area contributed by atoms with Crippen molar-refractivity contribution in [3.8, 4) is 0 Å². The molecule has 3 nitrogen and oxygen atoms in total. The van der Waals surface area contributed by atoms with E-state index in [0.717, 1.165) is 17.7 Å². The predicted molar refractivity (Wildman–Crippen MR) is 85.2 cm³/mol. The Balaban J connectivity index is 1.72. The lowest BCUT2D eigenvalue weighted by atomic mass is 10.1. The number of likely N-dealkylation sites (N-methyl/N-ethyl adjacent to an activating group) is 1. The monoisotopic (exact) mass is 280 g/mol. The molecule has 3 heteroatoms. The van der Waals surface area contributed by atoms with E-state index in [2.05, 4.69) is 30.4 Å². The van der Waals surface area contributed by atoms with Crippen LogP contribution in [0.15, 0.2) is 54.6 Å². The van der Waals surface area contributed by atoms with E-state index < -0.39 is 0 Å². The van der Waals surface area contributed by atoms with Gasteiger partial charge in [0.1, 0.15) is 6.04 Å². The number of amides is 1. The molecule has 3 rings (SSSR count). The summed E-state index contributed by atoms with van der Waals surface area (Å²) in [7, 11) is 1.88. The number of fused-ring (bicyclic) bond motifs is 1. The number of para-hydroxylation sites is 1. The SMILES string of the molecule is CC(c1ccccc1)N(C)C(=O)[C@@H]1Cc2ccccc2N1. The van der Waals surface area contributed by atoms with Crippen molar-refractivity contribution in [2.45, 2.75) is 25.4 Å². The zero-order valence-electron chi connectivity index (χ0n) is 12.4. The lowest BCUT2D eigenvalue weighted by Gasteiger charge is -2.28. The van der Waals surface area contributed by atoms with E-state index in [0.29, 0.717) is 0 Å². The van der Waals surface area contributed by atoms with Gasteiger partial charge in [0.15, 0.2) is 0 Å². The maximum Gasteiger partial charge on any atom is 0.245 e. The topological polar surface area (TPSA) is 32.3 Å². The number of nitrogens with one attached hydrogen (secondary N) is 1. The summed E-state index contributed by atoms with van der Waals surface area (Å²) in [4.78, 5) is 14.5. The first-order valence-corrected chi connectivity index (χ1v) is 7.33. The third-order valence-corrected chi connectivity index (χ3v) is 4.28. The fourth-order valence-corrected chi connectivity index (χ4v) is 2.84. The molecule has 0 bridgehead atoms. The maximum atomic E-state index is 12.7. The van der Waals surface area contributed by atoms with E-state index in [1.807, 2.05) is 48.3 Å². The zero-order chi connectivity index (χ0) is 14.8. The fourth-order valence-electron chi connectivity index (χ4n) is 2.84. The van der Waals surface area contributed by atoms with E-state index in [9.17, 15) is 4.79 Å². The molecule has 2 atom stereocenters. The molecule has 0 spiro atoms. The normalized spacial score (nSPS) is 17.7. The summed E-state index contributed by atoms with van der Waals surface area (Å²) in [5, 5.41) is 3.33. The summed E-state index contributed by atoms with van der Waals surface area (Å²) < 4.78 is 0. The van der Waals surface area contributed by atoms with Crippen molar-refractivity contribution in [2.24, 2.45) is 0 Å². The van der Waals surface area contributed by atoms with Crippen LogP contribution in [-0.4, -0.2) is 23.9 Å². The van der Waals surface area contributed by atoms with Crippen LogP contribution < -0.4 is 5.32 Å². The first kappa shape index (κ1) is 13.7. The highest BCUT2D eigenvalue weighted by Gasteiger charge is 2.30. The molecule has 2 aromatic rings. The molecule has 1 N–H and O–H groups in total. The standard InChI is InChI=1S/C18H20N2O/c1-13(14-8-4-3-5-9-14)20(2)18(21)17-12-15-10-6-7-11-16(15)19-17/h3-11,13,17,19H,12H2,1-2H3/t13?,17-/m0/s1. The van der Waals surface area contributed by atoms with Crippen molar-refractivity contribution in [1.82, 2.24) is 4.90 Å². The van der Waals surface area contributed by atoms with E-state index in [4.69, 9.17) is 0 Å². The predicted octanol–water partition coefficient (Wildman–Crippen LogP) is 3.24. The van der Waals surface area contributed by atoms with Crippen molar-refractivity contribution in [1.29, 1.82) is 0 Å². The van der Waals surface area contributed by atoms with Crippen molar-refractivity contribution in [3.63, 3.8) is 0 Å². The Kier molecular flexibility index (Phi) is 3.65. The minimum atomic E-state index is -0.154. The van der Waals surface area contributed by atoms with Crippen LogP contribution >= 0.6 is 0 Å². The van der Waals surface area contributed by atoms with Crippen LogP contribution in [0.25, 0.3) is 0 Å². The van der Waals surface area contributed by atoms with Crippen molar-refractivity contribution in [2.75, 3.05) is 12.4 Å². The van der Waals surface area contributed by atoms with E-state index >= 15 is 0 Å². The van der Waals surface area contributed by atoms with E-state index in [1.54, 1.807) is 0 Å². The number of hydrogen-bond donors (Lipinski definition) is 1. The Morgan fingerprint density at radius 1 is 1.14 bits per heavy atom. The van der Waals surface area contributed by atoms with Gasteiger partial charge in [0.05, 0.1) is 6.04 Å². The second-order valence-electron chi connectivity index (χ2n) is 5.59. The van der Waals surface area contributed by atoms with Gasteiger partial charge in [-0.05, 0) is 24.1 Å². The summed E-state index contributed by atoms with van der Waals surface area (Å²) in [6, 6.07) is 18.2. The Morgan fingerprint density at radius 2 is 1.81 bits per heavy atom. The first-order chi connectivity index (χ1) is 10.2. The number of rotatable bonds is 3. The molecule has 1 amide bonds. The number of hydrogen-bond acceptors (Lipinski definition) is 2. The summed E-state index contributed by atoms with van der Waals surface area (Å²) in [6.07, 6.45) is 0.765. The van der Waals surface area contributed by atoms with Gasteiger partial charge in [-0.15, -0.1) is 0 Å². The Labute approximate surface area is 125 Å². The molecule has 1 unspecified atom stereocenters. The molecule has 0 aromatic heterocycles. The van der Waals surface area contributed by atoms with Crippen LogP contribution in [0.4, 0.5) is 5.69 Å². The molecular formula is C18H20N2O. The largest absolute Gasteiger partial charge is 0.373 e. The van der Waals surface area contributed by atoms with Crippen LogP contribution in [0, 0.1) is 0 Å². The van der Waals surface area contributed by atoms with Crippen molar-refractivity contribution in [3.05, 3.63) is 65.7 Å². The average Bonchev–Trinajstić information content (AvgIpc) is 2.97. The number of nitrogens with zero attached hydrogens (tertiary/aromatic N) is 1. The second kappa shape index (κ2) is 5.60. The van der Waals surface area contributed by atoms with Crippen molar-refractivity contribution < 1.29 is 4.79 Å². The molecule has 1 aliphatic rings. The van der Waals surface area contributed by atoms with Crippen LogP contribution in [0.3, 0.4) is 0 Å². The van der Waals surface area contributed by atoms with Gasteiger partial charge < -0.3 is 10.2 Å².